The van der Waals surface area contributed by atoms with E-state index in [1.165, 1.54) is 0 Å². The van der Waals surface area contributed by atoms with Crippen LogP contribution in [-0.2, 0) is 6.54 Å². The largest absolute Gasteiger partial charge is 0.377 e. The van der Waals surface area contributed by atoms with Gasteiger partial charge in [0.1, 0.15) is 0 Å². The van der Waals surface area contributed by atoms with Crippen LogP contribution >= 0.6 is 50.7 Å². The van der Waals surface area contributed by atoms with E-state index in [4.69, 9.17) is 34.8 Å². The summed E-state index contributed by atoms with van der Waals surface area (Å²) in [7, 11) is 0. The van der Waals surface area contributed by atoms with E-state index in [9.17, 15) is 0 Å². The molecule has 0 bridgehead atoms. The molecule has 0 aliphatic heterocycles. The minimum Gasteiger partial charge on any atom is -0.377 e. The first-order valence-corrected chi connectivity index (χ1v) is 6.98. The van der Waals surface area contributed by atoms with E-state index >= 15 is 0 Å². The average Bonchev–Trinajstić information content (AvgIpc) is 2.30. The van der Waals surface area contributed by atoms with Gasteiger partial charge in [0.15, 0.2) is 0 Å². The number of nitrogens with one attached hydrogen (secondary N) is 1. The molecule has 0 unspecified atom stereocenters. The van der Waals surface area contributed by atoms with Crippen molar-refractivity contribution in [2.24, 2.45) is 0 Å². The first-order valence-electron chi connectivity index (χ1n) is 5.05. The fraction of sp³-hybridized carbons (Fsp3) is 0.0833. The Labute approximate surface area is 128 Å². The Hall–Kier alpha value is -0.480. The number of halogens is 4. The Morgan fingerprint density at radius 1 is 1.11 bits per heavy atom. The number of aromatic nitrogens is 1. The van der Waals surface area contributed by atoms with E-state index in [1.54, 1.807) is 18.3 Å². The average molecular weight is 366 g/mol. The molecule has 0 atom stereocenters. The third-order valence-electron chi connectivity index (χ3n) is 2.24. The quantitative estimate of drug-likeness (QED) is 0.785. The van der Waals surface area contributed by atoms with Crippen LogP contribution in [-0.4, -0.2) is 4.98 Å². The second-order valence-corrected chi connectivity index (χ2v) is 5.73. The zero-order valence-electron chi connectivity index (χ0n) is 9.05. The molecule has 1 aromatic carbocycles. The van der Waals surface area contributed by atoms with Crippen molar-refractivity contribution in [2.75, 3.05) is 5.32 Å². The molecule has 2 rings (SSSR count). The molecule has 18 heavy (non-hydrogen) atoms. The minimum absolute atomic E-state index is 0.490. The van der Waals surface area contributed by atoms with Crippen molar-refractivity contribution in [2.45, 2.75) is 6.54 Å². The van der Waals surface area contributed by atoms with Crippen LogP contribution in [0.1, 0.15) is 5.69 Å². The predicted octanol–water partition coefficient (Wildman–Crippen LogP) is 5.42. The van der Waals surface area contributed by atoms with Gasteiger partial charge in [-0.15, -0.1) is 0 Å². The summed E-state index contributed by atoms with van der Waals surface area (Å²) < 4.78 is 0.939. The van der Waals surface area contributed by atoms with Crippen LogP contribution in [0.2, 0.25) is 15.1 Å². The van der Waals surface area contributed by atoms with Crippen LogP contribution in [0.3, 0.4) is 0 Å². The molecule has 1 heterocycles. The summed E-state index contributed by atoms with van der Waals surface area (Å²) >= 11 is 21.3. The van der Waals surface area contributed by atoms with Crippen molar-refractivity contribution < 1.29 is 0 Å². The van der Waals surface area contributed by atoms with Gasteiger partial charge >= 0.3 is 0 Å². The highest BCUT2D eigenvalue weighted by atomic mass is 79.9. The summed E-state index contributed by atoms with van der Waals surface area (Å²) in [5, 5.41) is 4.64. The number of rotatable bonds is 3. The monoisotopic (exact) mass is 364 g/mol. The number of hydrogen-bond acceptors (Lipinski definition) is 2. The smallest absolute Gasteiger partial charge is 0.0723 e. The standard InChI is InChI=1S/C12H8BrCl3N2/c13-7-1-2-9(17-5-7)6-18-12-10(15)3-8(14)4-11(12)16/h1-5,18H,6H2. The fourth-order valence-corrected chi connectivity index (χ4v) is 2.59. The van der Waals surface area contributed by atoms with Gasteiger partial charge in [-0.05, 0) is 40.2 Å². The van der Waals surface area contributed by atoms with Crippen LogP contribution in [0.4, 0.5) is 5.69 Å². The molecular weight excluding hydrogens is 358 g/mol. The van der Waals surface area contributed by atoms with Crippen molar-refractivity contribution >= 4 is 56.4 Å². The maximum atomic E-state index is 6.07. The molecule has 94 valence electrons. The molecule has 1 aromatic heterocycles. The predicted molar refractivity (Wildman–Crippen MR) is 80.7 cm³/mol. The van der Waals surface area contributed by atoms with Gasteiger partial charge in [0, 0.05) is 15.7 Å². The Morgan fingerprint density at radius 3 is 2.33 bits per heavy atom. The molecule has 1 N–H and O–H groups in total. The highest BCUT2D eigenvalue weighted by molar-refractivity contribution is 9.10. The van der Waals surface area contributed by atoms with Gasteiger partial charge in [0.25, 0.3) is 0 Å². The molecule has 0 saturated heterocycles. The number of nitrogens with zero attached hydrogens (tertiary/aromatic N) is 1. The molecule has 6 heteroatoms. The molecule has 0 aliphatic rings. The first kappa shape index (κ1) is 13.9. The van der Waals surface area contributed by atoms with Gasteiger partial charge in [-0.1, -0.05) is 34.8 Å². The second-order valence-electron chi connectivity index (χ2n) is 3.57. The summed E-state index contributed by atoms with van der Waals surface area (Å²) in [6.45, 7) is 0.536. The van der Waals surface area contributed by atoms with Gasteiger partial charge in [0.05, 0.1) is 28.0 Å². The van der Waals surface area contributed by atoms with Gasteiger partial charge in [-0.3, -0.25) is 4.98 Å². The highest BCUT2D eigenvalue weighted by Crippen LogP contribution is 2.33. The molecule has 2 aromatic rings. The Kier molecular flexibility index (Phi) is 4.73. The van der Waals surface area contributed by atoms with Gasteiger partial charge < -0.3 is 5.32 Å². The lowest BCUT2D eigenvalue weighted by atomic mass is 10.3. The van der Waals surface area contributed by atoms with Crippen molar-refractivity contribution in [3.63, 3.8) is 0 Å². The molecule has 0 spiro atoms. The van der Waals surface area contributed by atoms with Crippen molar-refractivity contribution in [1.29, 1.82) is 0 Å². The summed E-state index contributed by atoms with van der Waals surface area (Å²) in [5.74, 6) is 0. The van der Waals surface area contributed by atoms with E-state index < -0.39 is 0 Å². The maximum Gasteiger partial charge on any atom is 0.0723 e. The van der Waals surface area contributed by atoms with Crippen molar-refractivity contribution in [3.05, 3.63) is 55.7 Å². The molecule has 2 nitrogen and oxygen atoms in total. The normalized spacial score (nSPS) is 10.4. The molecular formula is C12H8BrCl3N2. The van der Waals surface area contributed by atoms with Crippen molar-refractivity contribution in [1.82, 2.24) is 4.98 Å². The van der Waals surface area contributed by atoms with Crippen LogP contribution in [0, 0.1) is 0 Å². The SMILES string of the molecule is Clc1cc(Cl)c(NCc2ccc(Br)cn2)c(Cl)c1. The van der Waals surface area contributed by atoms with Gasteiger partial charge in [0.2, 0.25) is 0 Å². The summed E-state index contributed by atoms with van der Waals surface area (Å²) in [5.41, 5.74) is 1.55. The van der Waals surface area contributed by atoms with Gasteiger partial charge in [-0.2, -0.15) is 0 Å². The number of hydrogen-bond donors (Lipinski definition) is 1. The van der Waals surface area contributed by atoms with Gasteiger partial charge in [-0.25, -0.2) is 0 Å². The number of benzene rings is 1. The Morgan fingerprint density at radius 2 is 1.78 bits per heavy atom. The van der Waals surface area contributed by atoms with E-state index in [1.807, 2.05) is 12.1 Å². The topological polar surface area (TPSA) is 24.9 Å². The van der Waals surface area contributed by atoms with Crippen LogP contribution in [0.25, 0.3) is 0 Å². The van der Waals surface area contributed by atoms with Crippen LogP contribution in [0.15, 0.2) is 34.9 Å². The summed E-state index contributed by atoms with van der Waals surface area (Å²) in [6, 6.07) is 7.13. The maximum absolute atomic E-state index is 6.07. The Bertz CT molecular complexity index is 535. The molecule has 0 fully saturated rings. The van der Waals surface area contributed by atoms with E-state index in [0.29, 0.717) is 27.3 Å². The van der Waals surface area contributed by atoms with E-state index in [2.05, 4.69) is 26.2 Å². The lowest BCUT2D eigenvalue weighted by Crippen LogP contribution is -2.02. The third kappa shape index (κ3) is 3.51. The Balaban J connectivity index is 2.13. The van der Waals surface area contributed by atoms with Crippen LogP contribution < -0.4 is 5.32 Å². The lowest BCUT2D eigenvalue weighted by Gasteiger charge is -2.10. The molecule has 0 radical (unpaired) electrons. The third-order valence-corrected chi connectivity index (χ3v) is 3.53. The second kappa shape index (κ2) is 6.11. The van der Waals surface area contributed by atoms with Crippen LogP contribution in [0.5, 0.6) is 0 Å². The summed E-state index contributed by atoms with van der Waals surface area (Å²) in [4.78, 5) is 4.25. The van der Waals surface area contributed by atoms with Crippen molar-refractivity contribution in [3.8, 4) is 0 Å². The molecule has 0 amide bonds. The zero-order valence-corrected chi connectivity index (χ0v) is 12.9. The van der Waals surface area contributed by atoms with E-state index in [0.717, 1.165) is 10.2 Å². The minimum atomic E-state index is 0.490. The summed E-state index contributed by atoms with van der Waals surface area (Å²) in [6.07, 6.45) is 1.74. The molecule has 0 aliphatic carbocycles. The number of anilines is 1. The zero-order chi connectivity index (χ0) is 13.1. The first-order chi connectivity index (χ1) is 8.56. The number of pyridine rings is 1. The van der Waals surface area contributed by atoms with E-state index in [-0.39, 0.29) is 0 Å². The fourth-order valence-electron chi connectivity index (χ4n) is 1.40. The highest BCUT2D eigenvalue weighted by Gasteiger charge is 2.07. The molecule has 0 saturated carbocycles. The lowest BCUT2D eigenvalue weighted by molar-refractivity contribution is 1.04.